The van der Waals surface area contributed by atoms with Gasteiger partial charge in [-0.2, -0.15) is 4.57 Å². The van der Waals surface area contributed by atoms with Crippen molar-refractivity contribution in [3.63, 3.8) is 0 Å². The molecule has 1 aliphatic heterocycles. The van der Waals surface area contributed by atoms with Gasteiger partial charge < -0.3 is 13.6 Å². The van der Waals surface area contributed by atoms with Crippen molar-refractivity contribution in [2.24, 2.45) is 0 Å². The van der Waals surface area contributed by atoms with Crippen molar-refractivity contribution in [1.29, 1.82) is 0 Å². The lowest BCUT2D eigenvalue weighted by Gasteiger charge is -2.32. The molecule has 0 saturated carbocycles. The number of phosphoric acid groups is 1. The molecule has 4 nitrogen and oxygen atoms in total. The van der Waals surface area contributed by atoms with Crippen LogP contribution in [0.5, 0.6) is 17.2 Å². The molecule has 0 spiro atoms. The number of benzene rings is 3. The Bertz CT molecular complexity index is 1190. The minimum absolute atomic E-state index is 0.223. The molecule has 0 saturated heterocycles. The lowest BCUT2D eigenvalue weighted by Crippen LogP contribution is -2.21. The highest BCUT2D eigenvalue weighted by atomic mass is 31.2. The van der Waals surface area contributed by atoms with Gasteiger partial charge in [-0.1, -0.05) is 95.1 Å². The van der Waals surface area contributed by atoms with E-state index in [0.29, 0.717) is 23.7 Å². The van der Waals surface area contributed by atoms with Gasteiger partial charge in [-0.3, -0.25) is 0 Å². The standard InChI is InChI=1S/C29H35O4P/c1-19-14-21-18-22-15-20(2)17-25(29(6,7)8)27(22)33-34(30,31-23-12-10-9-11-13-23)32-26(21)24(16-19)28(3,4)5/h9-17H,18H2,1-8H3. The highest BCUT2D eigenvalue weighted by molar-refractivity contribution is 7.49. The number of hydrogen-bond acceptors (Lipinski definition) is 4. The Labute approximate surface area is 203 Å². The normalized spacial score (nSPS) is 15.2. The van der Waals surface area contributed by atoms with Gasteiger partial charge in [0.05, 0.1) is 0 Å². The van der Waals surface area contributed by atoms with E-state index in [1.54, 1.807) is 12.1 Å². The van der Waals surface area contributed by atoms with Crippen molar-refractivity contribution < 1.29 is 18.1 Å². The molecule has 5 heteroatoms. The predicted molar refractivity (Wildman–Crippen MR) is 138 cm³/mol. The quantitative estimate of drug-likeness (QED) is 0.347. The summed E-state index contributed by atoms with van der Waals surface area (Å²) in [5, 5.41) is 0. The van der Waals surface area contributed by atoms with E-state index in [9.17, 15) is 4.57 Å². The third-order valence-electron chi connectivity index (χ3n) is 5.98. The summed E-state index contributed by atoms with van der Waals surface area (Å²) in [5.74, 6) is 1.60. The zero-order valence-electron chi connectivity index (χ0n) is 21.5. The van der Waals surface area contributed by atoms with Crippen molar-refractivity contribution in [2.75, 3.05) is 0 Å². The molecule has 0 aliphatic carbocycles. The number of hydrogen-bond donors (Lipinski definition) is 0. The Kier molecular flexibility index (Phi) is 6.10. The molecule has 180 valence electrons. The van der Waals surface area contributed by atoms with Gasteiger partial charge in [0.25, 0.3) is 0 Å². The molecule has 0 atom stereocenters. The molecule has 1 aliphatic rings. The Morgan fingerprint density at radius 2 is 1.18 bits per heavy atom. The maximum atomic E-state index is 14.4. The first-order chi connectivity index (χ1) is 15.7. The topological polar surface area (TPSA) is 44.8 Å². The highest BCUT2D eigenvalue weighted by Crippen LogP contribution is 2.56. The molecule has 0 unspecified atom stereocenters. The molecule has 0 N–H and O–H groups in total. The first-order valence-corrected chi connectivity index (χ1v) is 13.2. The Morgan fingerprint density at radius 1 is 0.735 bits per heavy atom. The molecule has 4 rings (SSSR count). The summed E-state index contributed by atoms with van der Waals surface area (Å²) >= 11 is 0. The van der Waals surface area contributed by atoms with Crippen LogP contribution in [0.2, 0.25) is 0 Å². The van der Waals surface area contributed by atoms with Crippen molar-refractivity contribution >= 4 is 7.82 Å². The lowest BCUT2D eigenvalue weighted by atomic mass is 9.81. The maximum Gasteiger partial charge on any atom is 0.647 e. The van der Waals surface area contributed by atoms with Gasteiger partial charge in [0.2, 0.25) is 0 Å². The van der Waals surface area contributed by atoms with Gasteiger partial charge in [0, 0.05) is 17.5 Å². The summed E-state index contributed by atoms with van der Waals surface area (Å²) in [7, 11) is -4.09. The second kappa shape index (κ2) is 8.50. The van der Waals surface area contributed by atoms with Gasteiger partial charge in [-0.15, -0.1) is 0 Å². The predicted octanol–water partition coefficient (Wildman–Crippen LogP) is 8.45. The number of rotatable bonds is 2. The van der Waals surface area contributed by atoms with E-state index in [1.807, 2.05) is 18.2 Å². The fraction of sp³-hybridized carbons (Fsp3) is 0.379. The molecular formula is C29H35O4P. The summed E-state index contributed by atoms with van der Waals surface area (Å²) in [6.45, 7) is 16.9. The maximum absolute atomic E-state index is 14.4. The van der Waals surface area contributed by atoms with Crippen LogP contribution < -0.4 is 13.6 Å². The van der Waals surface area contributed by atoms with Crippen LogP contribution in [0.3, 0.4) is 0 Å². The Morgan fingerprint density at radius 3 is 1.59 bits per heavy atom. The zero-order chi connectivity index (χ0) is 24.9. The molecule has 3 aromatic rings. The molecule has 3 aromatic carbocycles. The van der Waals surface area contributed by atoms with Gasteiger partial charge in [0.15, 0.2) is 0 Å². The Balaban J connectivity index is 2.00. The number of para-hydroxylation sites is 1. The van der Waals surface area contributed by atoms with Crippen molar-refractivity contribution in [3.8, 4) is 17.2 Å². The molecule has 0 amide bonds. The van der Waals surface area contributed by atoms with E-state index in [-0.39, 0.29) is 10.8 Å². The van der Waals surface area contributed by atoms with E-state index < -0.39 is 7.82 Å². The first-order valence-electron chi connectivity index (χ1n) is 11.8. The van der Waals surface area contributed by atoms with Crippen LogP contribution in [-0.2, 0) is 21.8 Å². The molecule has 0 fully saturated rings. The average molecular weight is 479 g/mol. The summed E-state index contributed by atoms with van der Waals surface area (Å²) in [6.07, 6.45) is 0.617. The second-order valence-corrected chi connectivity index (χ2v) is 12.8. The average Bonchev–Trinajstić information content (AvgIpc) is 2.69. The minimum atomic E-state index is -4.09. The van der Waals surface area contributed by atoms with Crippen LogP contribution >= 0.6 is 7.82 Å². The largest absolute Gasteiger partial charge is 0.647 e. The summed E-state index contributed by atoms with van der Waals surface area (Å²) in [5.41, 5.74) is 5.76. The fourth-order valence-electron chi connectivity index (χ4n) is 4.38. The van der Waals surface area contributed by atoms with Crippen LogP contribution in [0.1, 0.15) is 74.9 Å². The smallest absolute Gasteiger partial charge is 0.386 e. The van der Waals surface area contributed by atoms with Crippen LogP contribution in [0.4, 0.5) is 0 Å². The third kappa shape index (κ3) is 5.03. The van der Waals surface area contributed by atoms with Gasteiger partial charge in [0.1, 0.15) is 17.2 Å². The Hall–Kier alpha value is -2.71. The van der Waals surface area contributed by atoms with Gasteiger partial charge in [-0.05, 0) is 47.9 Å². The number of fused-ring (bicyclic) bond motifs is 2. The lowest BCUT2D eigenvalue weighted by molar-refractivity contribution is 0.289. The summed E-state index contributed by atoms with van der Waals surface area (Å²) in [4.78, 5) is 0. The van der Waals surface area contributed by atoms with Crippen LogP contribution in [0.25, 0.3) is 0 Å². The fourth-order valence-corrected chi connectivity index (χ4v) is 5.75. The molecule has 34 heavy (non-hydrogen) atoms. The summed E-state index contributed by atoms with van der Waals surface area (Å²) in [6, 6.07) is 17.5. The van der Waals surface area contributed by atoms with Crippen LogP contribution in [-0.4, -0.2) is 0 Å². The third-order valence-corrected chi connectivity index (χ3v) is 7.23. The SMILES string of the molecule is Cc1cc2c(c(C(C)(C)C)c1)OP(=O)(Oc1ccccc1)Oc1c(cc(C)cc1C(C)(C)C)C2. The van der Waals surface area contributed by atoms with E-state index in [0.717, 1.165) is 33.4 Å². The summed E-state index contributed by atoms with van der Waals surface area (Å²) < 4.78 is 33.0. The van der Waals surface area contributed by atoms with Gasteiger partial charge >= 0.3 is 7.82 Å². The van der Waals surface area contributed by atoms with E-state index in [4.69, 9.17) is 13.6 Å². The van der Waals surface area contributed by atoms with Crippen LogP contribution in [0.15, 0.2) is 54.6 Å². The monoisotopic (exact) mass is 478 g/mol. The van der Waals surface area contributed by atoms with Crippen LogP contribution in [0, 0.1) is 13.8 Å². The zero-order valence-corrected chi connectivity index (χ0v) is 22.4. The molecular weight excluding hydrogens is 443 g/mol. The number of aryl methyl sites for hydroxylation is 2. The van der Waals surface area contributed by atoms with E-state index >= 15 is 0 Å². The van der Waals surface area contributed by atoms with E-state index in [1.165, 1.54) is 0 Å². The molecule has 1 heterocycles. The van der Waals surface area contributed by atoms with Crippen molar-refractivity contribution in [1.82, 2.24) is 0 Å². The van der Waals surface area contributed by atoms with Crippen molar-refractivity contribution in [3.05, 3.63) is 88.0 Å². The highest BCUT2D eigenvalue weighted by Gasteiger charge is 2.40. The first kappa shape index (κ1) is 24.4. The molecule has 0 aromatic heterocycles. The number of phosphoric ester groups is 1. The molecule has 0 bridgehead atoms. The van der Waals surface area contributed by atoms with Gasteiger partial charge in [-0.25, -0.2) is 0 Å². The second-order valence-electron chi connectivity index (χ2n) is 11.3. The molecule has 0 radical (unpaired) electrons. The van der Waals surface area contributed by atoms with Crippen molar-refractivity contribution in [2.45, 2.75) is 72.6 Å². The minimum Gasteiger partial charge on any atom is -0.386 e. The van der Waals surface area contributed by atoms with E-state index in [2.05, 4.69) is 79.7 Å².